The Hall–Kier alpha value is -3.49. The first kappa shape index (κ1) is 15.4. The van der Waals surface area contributed by atoms with Crippen molar-refractivity contribution in [3.63, 3.8) is 0 Å². The Kier molecular flexibility index (Phi) is 2.94. The van der Waals surface area contributed by atoms with Crippen molar-refractivity contribution in [1.29, 1.82) is 0 Å². The summed E-state index contributed by atoms with van der Waals surface area (Å²) in [5.74, 6) is 0. The summed E-state index contributed by atoms with van der Waals surface area (Å²) in [7, 11) is 0. The van der Waals surface area contributed by atoms with E-state index in [0.717, 1.165) is 11.2 Å². The Labute approximate surface area is 171 Å². The molecule has 0 saturated heterocycles. The van der Waals surface area contributed by atoms with Gasteiger partial charge in [-0.05, 0) is 52.6 Å². The Morgan fingerprint density at radius 3 is 2.24 bits per heavy atom. The summed E-state index contributed by atoms with van der Waals surface area (Å²) in [4.78, 5) is 5.06. The smallest absolute Gasteiger partial charge is 0.0722 e. The van der Waals surface area contributed by atoms with Gasteiger partial charge in [0.25, 0.3) is 0 Å². The molecule has 0 unspecified atom stereocenters. The van der Waals surface area contributed by atoms with E-state index in [4.69, 9.17) is 4.98 Å². The molecule has 6 aromatic rings. The second-order valence-corrected chi connectivity index (χ2v) is 8.69. The quantitative estimate of drug-likeness (QED) is 0.280. The predicted octanol–water partition coefficient (Wildman–Crippen LogP) is 7.92. The van der Waals surface area contributed by atoms with Gasteiger partial charge in [-0.15, -0.1) is 11.3 Å². The third kappa shape index (κ3) is 2.07. The van der Waals surface area contributed by atoms with Gasteiger partial charge in [-0.3, -0.25) is 0 Å². The van der Waals surface area contributed by atoms with Gasteiger partial charge in [0.1, 0.15) is 0 Å². The molecule has 134 valence electrons. The van der Waals surface area contributed by atoms with Crippen LogP contribution in [0.3, 0.4) is 0 Å². The molecule has 1 aliphatic rings. The first-order valence-corrected chi connectivity index (χ1v) is 10.6. The Morgan fingerprint density at radius 1 is 0.552 bits per heavy atom. The van der Waals surface area contributed by atoms with Crippen LogP contribution >= 0.6 is 11.3 Å². The van der Waals surface area contributed by atoms with E-state index in [9.17, 15) is 0 Å². The number of aromatic nitrogens is 1. The van der Waals surface area contributed by atoms with E-state index in [2.05, 4.69) is 91.0 Å². The Morgan fingerprint density at radius 2 is 1.31 bits per heavy atom. The second kappa shape index (κ2) is 5.53. The fourth-order valence-electron chi connectivity index (χ4n) is 4.71. The molecule has 0 radical (unpaired) electrons. The lowest BCUT2D eigenvalue weighted by molar-refractivity contribution is 1.41. The Balaban J connectivity index is 1.53. The van der Waals surface area contributed by atoms with Gasteiger partial charge < -0.3 is 0 Å². The number of hydrogen-bond donors (Lipinski definition) is 0. The first-order chi connectivity index (χ1) is 14.4. The molecule has 7 rings (SSSR count). The van der Waals surface area contributed by atoms with E-state index in [0.29, 0.717) is 0 Å². The molecule has 0 amide bonds. The minimum atomic E-state index is 1.04. The number of rotatable bonds is 1. The van der Waals surface area contributed by atoms with E-state index >= 15 is 0 Å². The zero-order chi connectivity index (χ0) is 18.9. The molecule has 0 bridgehead atoms. The molecule has 29 heavy (non-hydrogen) atoms. The maximum atomic E-state index is 5.06. The zero-order valence-corrected chi connectivity index (χ0v) is 16.3. The topological polar surface area (TPSA) is 12.9 Å². The molecule has 4 aromatic carbocycles. The summed E-state index contributed by atoms with van der Waals surface area (Å²) in [5, 5.41) is 3.92. The van der Waals surface area contributed by atoms with Crippen LogP contribution in [-0.2, 0) is 0 Å². The van der Waals surface area contributed by atoms with Gasteiger partial charge in [-0.1, -0.05) is 60.7 Å². The highest BCUT2D eigenvalue weighted by molar-refractivity contribution is 7.25. The number of pyridine rings is 1. The van der Waals surface area contributed by atoms with Gasteiger partial charge in [0.2, 0.25) is 0 Å². The molecule has 1 nitrogen and oxygen atoms in total. The minimum absolute atomic E-state index is 1.04. The van der Waals surface area contributed by atoms with Crippen molar-refractivity contribution in [2.24, 2.45) is 0 Å². The highest BCUT2D eigenvalue weighted by Gasteiger charge is 2.22. The van der Waals surface area contributed by atoms with E-state index in [-0.39, 0.29) is 0 Å². The van der Waals surface area contributed by atoms with Crippen LogP contribution in [0.15, 0.2) is 91.0 Å². The highest BCUT2D eigenvalue weighted by atomic mass is 32.1. The molecule has 2 heterocycles. The average molecular weight is 385 g/mol. The largest absolute Gasteiger partial charge is 0.248 e. The number of nitrogens with zero attached hydrogens (tertiary/aromatic N) is 1. The third-order valence-electron chi connectivity index (χ3n) is 6.01. The van der Waals surface area contributed by atoms with Crippen LogP contribution < -0.4 is 0 Å². The molecule has 0 N–H and O–H groups in total. The molecule has 2 heteroatoms. The molecule has 1 aliphatic carbocycles. The number of thiophene rings is 1. The maximum absolute atomic E-state index is 5.06. The lowest BCUT2D eigenvalue weighted by Crippen LogP contribution is -1.87. The summed E-state index contributed by atoms with van der Waals surface area (Å²) in [6.07, 6.45) is 0. The normalized spacial score (nSPS) is 12.1. The van der Waals surface area contributed by atoms with Crippen molar-refractivity contribution in [3.05, 3.63) is 91.0 Å². The van der Waals surface area contributed by atoms with Crippen molar-refractivity contribution >= 4 is 42.4 Å². The summed E-state index contributed by atoms with van der Waals surface area (Å²) < 4.78 is 2.66. The van der Waals surface area contributed by atoms with Gasteiger partial charge in [-0.2, -0.15) is 0 Å². The molecular formula is C27H15NS. The van der Waals surface area contributed by atoms with E-state index in [1.165, 1.54) is 53.4 Å². The summed E-state index contributed by atoms with van der Waals surface area (Å²) >= 11 is 1.85. The molecule has 0 atom stereocenters. The van der Waals surface area contributed by atoms with Gasteiger partial charge in [0.15, 0.2) is 0 Å². The lowest BCUT2D eigenvalue weighted by atomic mass is 10.0. The standard InChI is InChI=1S/C27H15NS/c1-2-7-18-17(6-1)20-9-5-10-23-27(20)22(18)15-24(28-23)16-12-13-26-21(14-16)19-8-3-4-11-25(19)29-26/h1-15H. The second-order valence-electron chi connectivity index (χ2n) is 7.61. The van der Waals surface area contributed by atoms with Gasteiger partial charge in [0, 0.05) is 31.1 Å². The van der Waals surface area contributed by atoms with Crippen molar-refractivity contribution < 1.29 is 0 Å². The predicted molar refractivity (Wildman–Crippen MR) is 124 cm³/mol. The first-order valence-electron chi connectivity index (χ1n) is 9.82. The summed E-state index contributed by atoms with van der Waals surface area (Å²) in [6, 6.07) is 32.8. The maximum Gasteiger partial charge on any atom is 0.0722 e. The van der Waals surface area contributed by atoms with Crippen LogP contribution in [0.5, 0.6) is 0 Å². The van der Waals surface area contributed by atoms with Gasteiger partial charge in [-0.25, -0.2) is 4.98 Å². The molecule has 2 aromatic heterocycles. The highest BCUT2D eigenvalue weighted by Crippen LogP contribution is 2.47. The van der Waals surface area contributed by atoms with Crippen LogP contribution in [0.25, 0.3) is 64.6 Å². The van der Waals surface area contributed by atoms with E-state index in [1.807, 2.05) is 11.3 Å². The van der Waals surface area contributed by atoms with Crippen LogP contribution in [-0.4, -0.2) is 4.98 Å². The minimum Gasteiger partial charge on any atom is -0.248 e. The fraction of sp³-hybridized carbons (Fsp3) is 0. The third-order valence-corrected chi connectivity index (χ3v) is 7.17. The fourth-order valence-corrected chi connectivity index (χ4v) is 5.80. The van der Waals surface area contributed by atoms with Crippen molar-refractivity contribution in [2.45, 2.75) is 0 Å². The van der Waals surface area contributed by atoms with Gasteiger partial charge in [0.05, 0.1) is 11.2 Å². The van der Waals surface area contributed by atoms with Crippen LogP contribution in [0, 0.1) is 0 Å². The number of hydrogen-bond acceptors (Lipinski definition) is 2. The molecule has 0 aliphatic heterocycles. The van der Waals surface area contributed by atoms with E-state index < -0.39 is 0 Å². The van der Waals surface area contributed by atoms with Crippen LogP contribution in [0.1, 0.15) is 0 Å². The van der Waals surface area contributed by atoms with Crippen molar-refractivity contribution in [3.8, 4) is 33.5 Å². The lowest BCUT2D eigenvalue weighted by Gasteiger charge is -2.07. The molecule has 0 fully saturated rings. The number of benzene rings is 4. The number of fused-ring (bicyclic) bond motifs is 6. The molecular weight excluding hydrogens is 370 g/mol. The molecule has 0 saturated carbocycles. The monoisotopic (exact) mass is 385 g/mol. The summed E-state index contributed by atoms with van der Waals surface area (Å²) in [5.41, 5.74) is 8.50. The molecule has 0 spiro atoms. The SMILES string of the molecule is c1ccc2c(c1)-c1cccc3nc(-c4ccc5sc6ccccc6c5c4)cc-2c13. The van der Waals surface area contributed by atoms with Crippen LogP contribution in [0.2, 0.25) is 0 Å². The van der Waals surface area contributed by atoms with Gasteiger partial charge >= 0.3 is 0 Å². The Bertz CT molecular complexity index is 1610. The van der Waals surface area contributed by atoms with Crippen molar-refractivity contribution in [2.75, 3.05) is 0 Å². The summed E-state index contributed by atoms with van der Waals surface area (Å²) in [6.45, 7) is 0. The van der Waals surface area contributed by atoms with Crippen molar-refractivity contribution in [1.82, 2.24) is 4.98 Å². The van der Waals surface area contributed by atoms with E-state index in [1.54, 1.807) is 0 Å². The zero-order valence-electron chi connectivity index (χ0n) is 15.5. The average Bonchev–Trinajstić information content (AvgIpc) is 3.31. The van der Waals surface area contributed by atoms with Crippen LogP contribution in [0.4, 0.5) is 0 Å².